The zero-order chi connectivity index (χ0) is 20.9. The van der Waals surface area contributed by atoms with Crippen molar-refractivity contribution >= 4 is 11.8 Å². The normalized spacial score (nSPS) is 12.0. The van der Waals surface area contributed by atoms with Crippen molar-refractivity contribution in [3.63, 3.8) is 0 Å². The van der Waals surface area contributed by atoms with E-state index in [2.05, 4.69) is 17.6 Å². The fourth-order valence-corrected chi connectivity index (χ4v) is 3.29. The minimum Gasteiger partial charge on any atom is -0.375 e. The summed E-state index contributed by atoms with van der Waals surface area (Å²) in [5.74, 6) is 0.169. The summed E-state index contributed by atoms with van der Waals surface area (Å²) >= 11 is 0. The van der Waals surface area contributed by atoms with Crippen molar-refractivity contribution < 1.29 is 14.3 Å². The van der Waals surface area contributed by atoms with Crippen LogP contribution in [0.4, 0.5) is 0 Å². The molecule has 0 aliphatic carbocycles. The van der Waals surface area contributed by atoms with E-state index in [1.165, 1.54) is 71.3 Å². The number of carbonyl (C=O) groups is 2. The number of nitrogens with one attached hydrogen (secondary N) is 2. The lowest BCUT2D eigenvalue weighted by Gasteiger charge is -2.12. The molecule has 28 heavy (non-hydrogen) atoms. The first-order chi connectivity index (χ1) is 13.6. The average Bonchev–Trinajstić information content (AvgIpc) is 2.68. The Bertz CT molecular complexity index is 375. The lowest BCUT2D eigenvalue weighted by Crippen LogP contribution is -2.31. The second kappa shape index (κ2) is 20.6. The summed E-state index contributed by atoms with van der Waals surface area (Å²) in [6, 6.07) is 0. The molecule has 5 heteroatoms. The molecule has 0 radical (unpaired) electrons. The summed E-state index contributed by atoms with van der Waals surface area (Å²) in [6.45, 7) is 5.71. The number of ether oxygens (including phenoxy) is 1. The number of hydrogen-bond acceptors (Lipinski definition) is 3. The minimum absolute atomic E-state index is 0.0906. The van der Waals surface area contributed by atoms with Crippen molar-refractivity contribution in [1.29, 1.82) is 0 Å². The molecule has 0 aromatic heterocycles. The van der Waals surface area contributed by atoms with Crippen LogP contribution in [0.15, 0.2) is 0 Å². The van der Waals surface area contributed by atoms with Gasteiger partial charge in [-0.1, -0.05) is 84.5 Å². The second-order valence-corrected chi connectivity index (χ2v) is 8.01. The highest BCUT2D eigenvalue weighted by molar-refractivity contribution is 5.78. The predicted octanol–water partition coefficient (Wildman–Crippen LogP) is 4.98. The largest absolute Gasteiger partial charge is 0.375 e. The van der Waals surface area contributed by atoms with Gasteiger partial charge >= 0.3 is 0 Å². The van der Waals surface area contributed by atoms with Crippen LogP contribution in [0.5, 0.6) is 0 Å². The number of carbonyl (C=O) groups excluding carboxylic acids is 2. The van der Waals surface area contributed by atoms with Gasteiger partial charge in [0.25, 0.3) is 0 Å². The molecule has 0 aromatic carbocycles. The molecule has 0 aliphatic heterocycles. The van der Waals surface area contributed by atoms with Gasteiger partial charge in [0.05, 0.1) is 0 Å². The van der Waals surface area contributed by atoms with Crippen LogP contribution < -0.4 is 10.6 Å². The Morgan fingerprint density at radius 2 is 1.25 bits per heavy atom. The molecule has 0 bridgehead atoms. The van der Waals surface area contributed by atoms with E-state index in [1.54, 1.807) is 0 Å². The molecule has 0 aliphatic rings. The molecule has 0 heterocycles. The van der Waals surface area contributed by atoms with E-state index in [1.807, 2.05) is 6.92 Å². The Morgan fingerprint density at radius 3 is 1.79 bits per heavy atom. The van der Waals surface area contributed by atoms with E-state index >= 15 is 0 Å². The van der Waals surface area contributed by atoms with Crippen molar-refractivity contribution in [2.75, 3.05) is 26.8 Å². The Labute approximate surface area is 173 Å². The molecule has 0 saturated heterocycles. The highest BCUT2D eigenvalue weighted by atomic mass is 16.5. The van der Waals surface area contributed by atoms with Gasteiger partial charge in [-0.25, -0.2) is 0 Å². The Morgan fingerprint density at radius 1 is 0.750 bits per heavy atom. The maximum absolute atomic E-state index is 12.1. The van der Waals surface area contributed by atoms with Gasteiger partial charge in [-0.05, 0) is 19.3 Å². The van der Waals surface area contributed by atoms with E-state index < -0.39 is 0 Å². The third-order valence-corrected chi connectivity index (χ3v) is 5.19. The van der Waals surface area contributed by atoms with E-state index in [9.17, 15) is 9.59 Å². The SMILES string of the molecule is CCCCCCCCCCCCCC(C)C(=O)NCCCCNC(=O)COC. The molecule has 1 atom stereocenters. The number of unbranched alkanes of at least 4 members (excludes halogenated alkanes) is 11. The molecule has 166 valence electrons. The van der Waals surface area contributed by atoms with Crippen molar-refractivity contribution in [2.24, 2.45) is 5.92 Å². The standard InChI is InChI=1S/C23H46N2O3/c1-4-5-6-7-8-9-10-11-12-13-14-17-21(2)23(27)25-19-16-15-18-24-22(26)20-28-3/h21H,4-20H2,1-3H3,(H,24,26)(H,25,27). The maximum Gasteiger partial charge on any atom is 0.245 e. The molecule has 1 unspecified atom stereocenters. The van der Waals surface area contributed by atoms with Crippen LogP contribution in [0.3, 0.4) is 0 Å². The van der Waals surface area contributed by atoms with Crippen molar-refractivity contribution in [3.8, 4) is 0 Å². The molecule has 2 N–H and O–H groups in total. The number of hydrogen-bond donors (Lipinski definition) is 2. The van der Waals surface area contributed by atoms with Gasteiger partial charge in [0, 0.05) is 26.1 Å². The van der Waals surface area contributed by atoms with Gasteiger partial charge in [0.1, 0.15) is 6.61 Å². The van der Waals surface area contributed by atoms with Crippen LogP contribution in [0.1, 0.15) is 104 Å². The van der Waals surface area contributed by atoms with Crippen molar-refractivity contribution in [3.05, 3.63) is 0 Å². The first-order valence-electron chi connectivity index (χ1n) is 11.6. The quantitative estimate of drug-likeness (QED) is 0.284. The summed E-state index contributed by atoms with van der Waals surface area (Å²) in [7, 11) is 1.51. The molecular weight excluding hydrogens is 352 g/mol. The zero-order valence-electron chi connectivity index (χ0n) is 18.8. The van der Waals surface area contributed by atoms with Crippen LogP contribution in [0, 0.1) is 5.92 Å². The Balaban J connectivity index is 3.39. The van der Waals surface area contributed by atoms with Crippen LogP contribution >= 0.6 is 0 Å². The lowest BCUT2D eigenvalue weighted by atomic mass is 10.0. The molecule has 0 rings (SSSR count). The van der Waals surface area contributed by atoms with Crippen molar-refractivity contribution in [2.45, 2.75) is 104 Å². The number of rotatable bonds is 20. The molecule has 0 aromatic rings. The van der Waals surface area contributed by atoms with Gasteiger partial charge in [-0.15, -0.1) is 0 Å². The van der Waals surface area contributed by atoms with Gasteiger partial charge in [-0.3, -0.25) is 9.59 Å². The fourth-order valence-electron chi connectivity index (χ4n) is 3.29. The first-order valence-corrected chi connectivity index (χ1v) is 11.6. The van der Waals surface area contributed by atoms with Gasteiger partial charge < -0.3 is 15.4 Å². The smallest absolute Gasteiger partial charge is 0.245 e. The Hall–Kier alpha value is -1.10. The monoisotopic (exact) mass is 398 g/mol. The molecular formula is C23H46N2O3. The maximum atomic E-state index is 12.1. The summed E-state index contributed by atoms with van der Waals surface area (Å²) < 4.78 is 4.75. The lowest BCUT2D eigenvalue weighted by molar-refractivity contribution is -0.125. The summed E-state index contributed by atoms with van der Waals surface area (Å²) in [5.41, 5.74) is 0. The third-order valence-electron chi connectivity index (χ3n) is 5.19. The zero-order valence-corrected chi connectivity index (χ0v) is 18.8. The molecule has 0 spiro atoms. The number of amides is 2. The van der Waals surface area contributed by atoms with E-state index in [4.69, 9.17) is 4.74 Å². The van der Waals surface area contributed by atoms with Crippen LogP contribution in [-0.4, -0.2) is 38.6 Å². The third kappa shape index (κ3) is 18.3. The van der Waals surface area contributed by atoms with Crippen molar-refractivity contribution in [1.82, 2.24) is 10.6 Å². The summed E-state index contributed by atoms with van der Waals surface area (Å²) in [5, 5.41) is 5.79. The van der Waals surface area contributed by atoms with Crippen LogP contribution in [0.25, 0.3) is 0 Å². The highest BCUT2D eigenvalue weighted by Crippen LogP contribution is 2.14. The van der Waals surface area contributed by atoms with E-state index in [0.717, 1.165) is 25.7 Å². The molecule has 2 amide bonds. The molecule has 0 saturated carbocycles. The fraction of sp³-hybridized carbons (Fsp3) is 0.913. The summed E-state index contributed by atoms with van der Waals surface area (Å²) in [4.78, 5) is 23.3. The average molecular weight is 399 g/mol. The molecule has 0 fully saturated rings. The topological polar surface area (TPSA) is 67.4 Å². The van der Waals surface area contributed by atoms with E-state index in [0.29, 0.717) is 13.1 Å². The molecule has 5 nitrogen and oxygen atoms in total. The van der Waals surface area contributed by atoms with Crippen LogP contribution in [-0.2, 0) is 14.3 Å². The van der Waals surface area contributed by atoms with E-state index in [-0.39, 0.29) is 24.3 Å². The van der Waals surface area contributed by atoms with Gasteiger partial charge in [-0.2, -0.15) is 0 Å². The summed E-state index contributed by atoms with van der Waals surface area (Å²) in [6.07, 6.45) is 17.4. The minimum atomic E-state index is -0.0906. The second-order valence-electron chi connectivity index (χ2n) is 8.01. The van der Waals surface area contributed by atoms with Gasteiger partial charge in [0.15, 0.2) is 0 Å². The predicted molar refractivity (Wildman–Crippen MR) is 117 cm³/mol. The van der Waals surface area contributed by atoms with Gasteiger partial charge in [0.2, 0.25) is 11.8 Å². The first kappa shape index (κ1) is 26.9. The highest BCUT2D eigenvalue weighted by Gasteiger charge is 2.11. The number of methoxy groups -OCH3 is 1. The Kier molecular flexibility index (Phi) is 19.8. The van der Waals surface area contributed by atoms with Crippen LogP contribution in [0.2, 0.25) is 0 Å².